The lowest BCUT2D eigenvalue weighted by Gasteiger charge is -2.27. The molecule has 2 heterocycles. The first kappa shape index (κ1) is 23.0. The van der Waals surface area contributed by atoms with E-state index in [2.05, 4.69) is 4.90 Å². The number of aliphatic imine (C=N–C) groups is 1. The van der Waals surface area contributed by atoms with Crippen LogP contribution in [-0.2, 0) is 14.8 Å². The summed E-state index contributed by atoms with van der Waals surface area (Å²) in [5.74, 6) is -0.435. The van der Waals surface area contributed by atoms with E-state index in [-0.39, 0.29) is 17.8 Å². The van der Waals surface area contributed by atoms with Crippen molar-refractivity contribution in [1.29, 1.82) is 0 Å². The fraction of sp³-hybridized carbons (Fsp3) is 0.458. The van der Waals surface area contributed by atoms with E-state index in [4.69, 9.17) is 9.73 Å². The first-order valence-corrected chi connectivity index (χ1v) is 12.8. The van der Waals surface area contributed by atoms with Crippen LogP contribution in [0.1, 0.15) is 29.0 Å². The Balaban J connectivity index is 1.59. The molecule has 8 heteroatoms. The first-order valence-electron chi connectivity index (χ1n) is 10.9. The molecule has 0 aromatic heterocycles. The molecule has 0 amide bonds. The summed E-state index contributed by atoms with van der Waals surface area (Å²) in [5.41, 5.74) is 4.19. The van der Waals surface area contributed by atoms with E-state index in [0.29, 0.717) is 31.8 Å². The van der Waals surface area contributed by atoms with Gasteiger partial charge in [-0.3, -0.25) is 4.99 Å². The number of aryl methyl sites for hydroxylation is 1. The van der Waals surface area contributed by atoms with E-state index in [1.807, 2.05) is 37.3 Å². The molecule has 0 spiro atoms. The zero-order chi connectivity index (χ0) is 22.9. The average Bonchev–Trinajstić information content (AvgIpc) is 3.37. The van der Waals surface area contributed by atoms with E-state index < -0.39 is 10.0 Å². The molecular weight excluding hydrogens is 429 g/mol. The maximum Gasteiger partial charge on any atom is 0.211 e. The predicted octanol–water partition coefficient (Wildman–Crippen LogP) is 3.33. The Labute approximate surface area is 189 Å². The highest BCUT2D eigenvalue weighted by atomic mass is 32.2. The second-order valence-electron chi connectivity index (χ2n) is 8.61. The summed E-state index contributed by atoms with van der Waals surface area (Å²) in [5, 5.41) is 0. The normalized spacial score (nSPS) is 21.2. The van der Waals surface area contributed by atoms with Gasteiger partial charge in [-0.25, -0.2) is 12.8 Å². The molecule has 2 aliphatic rings. The minimum atomic E-state index is -3.34. The van der Waals surface area contributed by atoms with Crippen molar-refractivity contribution in [3.63, 3.8) is 0 Å². The maximum atomic E-state index is 15.0. The van der Waals surface area contributed by atoms with Crippen LogP contribution in [0.3, 0.4) is 0 Å². The number of sulfonamides is 1. The molecule has 0 N–H and O–H groups in total. The van der Waals surface area contributed by atoms with Gasteiger partial charge in [-0.05, 0) is 37.1 Å². The lowest BCUT2D eigenvalue weighted by Crippen LogP contribution is -2.43. The summed E-state index contributed by atoms with van der Waals surface area (Å²) in [6.07, 6.45) is 1.99. The Hall–Kier alpha value is -2.13. The van der Waals surface area contributed by atoms with Gasteiger partial charge in [-0.2, -0.15) is 4.31 Å². The third kappa shape index (κ3) is 4.64. The van der Waals surface area contributed by atoms with Crippen LogP contribution in [0.5, 0.6) is 0 Å². The Morgan fingerprint density at radius 2 is 1.97 bits per heavy atom. The van der Waals surface area contributed by atoms with Gasteiger partial charge in [0.15, 0.2) is 0 Å². The number of benzene rings is 2. The molecule has 32 heavy (non-hydrogen) atoms. The van der Waals surface area contributed by atoms with Gasteiger partial charge in [0.2, 0.25) is 10.0 Å². The molecule has 0 bridgehead atoms. The molecule has 2 atom stereocenters. The fourth-order valence-corrected chi connectivity index (χ4v) is 5.95. The van der Waals surface area contributed by atoms with Gasteiger partial charge in [-0.1, -0.05) is 36.4 Å². The molecule has 2 aromatic carbocycles. The van der Waals surface area contributed by atoms with Crippen LogP contribution in [-0.4, -0.2) is 75.5 Å². The summed E-state index contributed by atoms with van der Waals surface area (Å²) in [6, 6.07) is 13.1. The quantitative estimate of drug-likeness (QED) is 0.608. The predicted molar refractivity (Wildman–Crippen MR) is 125 cm³/mol. The van der Waals surface area contributed by atoms with Gasteiger partial charge in [-0.15, -0.1) is 0 Å². The molecule has 4 rings (SSSR count). The van der Waals surface area contributed by atoms with Crippen molar-refractivity contribution in [2.45, 2.75) is 25.3 Å². The van der Waals surface area contributed by atoms with E-state index in [1.165, 1.54) is 16.6 Å². The number of hydrogen-bond acceptors (Lipinski definition) is 5. The van der Waals surface area contributed by atoms with E-state index in [1.54, 1.807) is 13.2 Å². The highest BCUT2D eigenvalue weighted by Gasteiger charge is 2.37. The number of ether oxygens (including phenoxy) is 1. The third-order valence-electron chi connectivity index (χ3n) is 6.38. The third-order valence-corrected chi connectivity index (χ3v) is 7.72. The van der Waals surface area contributed by atoms with Crippen molar-refractivity contribution in [2.24, 2.45) is 4.99 Å². The van der Waals surface area contributed by atoms with E-state index >= 15 is 0 Å². The summed E-state index contributed by atoms with van der Waals surface area (Å²) in [7, 11) is -1.77. The van der Waals surface area contributed by atoms with E-state index in [9.17, 15) is 12.8 Å². The largest absolute Gasteiger partial charge is 0.383 e. The molecule has 2 unspecified atom stereocenters. The Morgan fingerprint density at radius 3 is 2.66 bits per heavy atom. The monoisotopic (exact) mass is 459 g/mol. The lowest BCUT2D eigenvalue weighted by molar-refractivity contribution is 0.165. The smallest absolute Gasteiger partial charge is 0.211 e. The fourth-order valence-electron chi connectivity index (χ4n) is 4.83. The molecule has 0 aliphatic carbocycles. The summed E-state index contributed by atoms with van der Waals surface area (Å²) in [4.78, 5) is 7.10. The number of hydrogen-bond donors (Lipinski definition) is 0. The Morgan fingerprint density at radius 1 is 1.22 bits per heavy atom. The van der Waals surface area contributed by atoms with Crippen LogP contribution in [0.4, 0.5) is 10.1 Å². The number of methoxy groups -OCH3 is 1. The second-order valence-corrected chi connectivity index (χ2v) is 10.5. The number of rotatable bonds is 8. The standard InChI is InChI=1S/C24H30FN3O3S/c1-17-9-10-21(25)22-20(24(26-23(17)22)18-7-5-4-6-8-18)16-27-12-11-19(15-27)28(13-14-31-2)32(3,29)30/h4-10,19-20H,11-16H2,1-3H3. The van der Waals surface area contributed by atoms with Crippen molar-refractivity contribution in [3.8, 4) is 0 Å². The SMILES string of the molecule is COCCN(C1CCN(CC2C(c3ccccc3)=Nc3c(C)ccc(F)c32)C1)S(C)(=O)=O. The average molecular weight is 460 g/mol. The Kier molecular flexibility index (Phi) is 6.76. The minimum Gasteiger partial charge on any atom is -0.383 e. The molecule has 2 aliphatic heterocycles. The van der Waals surface area contributed by atoms with Crippen LogP contribution >= 0.6 is 0 Å². The first-order chi connectivity index (χ1) is 15.3. The summed E-state index contributed by atoms with van der Waals surface area (Å²) in [6.45, 7) is 4.61. The number of fused-ring (bicyclic) bond motifs is 1. The topological polar surface area (TPSA) is 62.2 Å². The van der Waals surface area contributed by atoms with Crippen molar-refractivity contribution >= 4 is 21.4 Å². The highest BCUT2D eigenvalue weighted by molar-refractivity contribution is 7.88. The van der Waals surface area contributed by atoms with Crippen LogP contribution in [0.2, 0.25) is 0 Å². The van der Waals surface area contributed by atoms with Gasteiger partial charge in [0.25, 0.3) is 0 Å². The molecule has 172 valence electrons. The van der Waals surface area contributed by atoms with Gasteiger partial charge < -0.3 is 9.64 Å². The van der Waals surface area contributed by atoms with Crippen LogP contribution < -0.4 is 0 Å². The zero-order valence-corrected chi connectivity index (χ0v) is 19.6. The molecule has 0 radical (unpaired) electrons. The molecule has 0 saturated carbocycles. The lowest BCUT2D eigenvalue weighted by atomic mass is 9.90. The number of likely N-dealkylation sites (tertiary alicyclic amines) is 1. The van der Waals surface area contributed by atoms with E-state index in [0.717, 1.165) is 35.5 Å². The van der Waals surface area contributed by atoms with Crippen LogP contribution in [0, 0.1) is 12.7 Å². The van der Waals surface area contributed by atoms with Gasteiger partial charge in [0.1, 0.15) is 5.82 Å². The number of nitrogens with zero attached hydrogens (tertiary/aromatic N) is 3. The Bertz CT molecular complexity index is 1100. The maximum absolute atomic E-state index is 15.0. The van der Waals surface area contributed by atoms with Crippen molar-refractivity contribution in [2.75, 3.05) is 46.2 Å². The van der Waals surface area contributed by atoms with Crippen molar-refractivity contribution in [3.05, 3.63) is 65.0 Å². The summed E-state index contributed by atoms with van der Waals surface area (Å²) < 4.78 is 46.3. The van der Waals surface area contributed by atoms with Crippen LogP contribution in [0.25, 0.3) is 0 Å². The molecule has 1 saturated heterocycles. The van der Waals surface area contributed by atoms with Crippen LogP contribution in [0.15, 0.2) is 47.5 Å². The molecule has 2 aromatic rings. The molecule has 6 nitrogen and oxygen atoms in total. The minimum absolute atomic E-state index is 0.111. The zero-order valence-electron chi connectivity index (χ0n) is 18.8. The van der Waals surface area contributed by atoms with Crippen molar-refractivity contribution < 1.29 is 17.5 Å². The second kappa shape index (κ2) is 9.39. The van der Waals surface area contributed by atoms with Gasteiger partial charge >= 0.3 is 0 Å². The molecule has 1 fully saturated rings. The highest BCUT2D eigenvalue weighted by Crippen LogP contribution is 2.42. The van der Waals surface area contributed by atoms with Crippen molar-refractivity contribution in [1.82, 2.24) is 9.21 Å². The number of halogens is 1. The molecular formula is C24H30FN3O3S. The van der Waals surface area contributed by atoms with Gasteiger partial charge in [0, 0.05) is 44.3 Å². The van der Waals surface area contributed by atoms with Gasteiger partial charge in [0.05, 0.1) is 24.3 Å². The summed E-state index contributed by atoms with van der Waals surface area (Å²) >= 11 is 0.